The zero-order chi connectivity index (χ0) is 16.1. The summed E-state index contributed by atoms with van der Waals surface area (Å²) in [6, 6.07) is 6.09. The zero-order valence-electron chi connectivity index (χ0n) is 12.3. The van der Waals surface area contributed by atoms with Gasteiger partial charge in [0.2, 0.25) is 0 Å². The molecular weight excluding hydrogens is 290 g/mol. The van der Waals surface area contributed by atoms with Gasteiger partial charge in [-0.15, -0.1) is 0 Å². The quantitative estimate of drug-likeness (QED) is 0.924. The first-order chi connectivity index (χ1) is 10.5. The van der Waals surface area contributed by atoms with Crippen molar-refractivity contribution in [3.63, 3.8) is 0 Å². The molecule has 1 heterocycles. The highest BCUT2D eigenvalue weighted by Gasteiger charge is 2.17. The van der Waals surface area contributed by atoms with Crippen LogP contribution in [0.15, 0.2) is 36.7 Å². The van der Waals surface area contributed by atoms with E-state index >= 15 is 0 Å². The third-order valence-corrected chi connectivity index (χ3v) is 3.04. The Bertz CT molecular complexity index is 663. The molecular formula is C16H16F2N2O2. The number of hydrogen-bond acceptors (Lipinski definition) is 3. The third-order valence-electron chi connectivity index (χ3n) is 3.04. The number of pyridine rings is 1. The lowest BCUT2D eigenvalue weighted by Gasteiger charge is -2.15. The first kappa shape index (κ1) is 15.9. The van der Waals surface area contributed by atoms with Crippen LogP contribution < -0.4 is 10.1 Å². The summed E-state index contributed by atoms with van der Waals surface area (Å²) in [6.07, 6.45) is 2.83. The van der Waals surface area contributed by atoms with Gasteiger partial charge >= 0.3 is 0 Å². The average molecular weight is 306 g/mol. The van der Waals surface area contributed by atoms with Crippen LogP contribution in [-0.4, -0.2) is 23.5 Å². The van der Waals surface area contributed by atoms with E-state index in [1.54, 1.807) is 31.5 Å². The number of benzene rings is 1. The normalized spacial score (nSPS) is 11.8. The van der Waals surface area contributed by atoms with Gasteiger partial charge in [0, 0.05) is 6.20 Å². The smallest absolute Gasteiger partial charge is 0.254 e. The molecule has 0 spiro atoms. The van der Waals surface area contributed by atoms with Crippen molar-refractivity contribution in [3.05, 3.63) is 59.4 Å². The van der Waals surface area contributed by atoms with Gasteiger partial charge in [0.05, 0.1) is 18.3 Å². The van der Waals surface area contributed by atoms with Crippen LogP contribution in [0.4, 0.5) is 8.78 Å². The predicted molar refractivity (Wildman–Crippen MR) is 77.8 cm³/mol. The molecule has 1 N–H and O–H groups in total. The summed E-state index contributed by atoms with van der Waals surface area (Å²) < 4.78 is 32.7. The third kappa shape index (κ3) is 3.78. The molecule has 0 radical (unpaired) electrons. The Morgan fingerprint density at radius 2 is 2.09 bits per heavy atom. The molecule has 0 unspecified atom stereocenters. The fraction of sp³-hybridized carbons (Fsp3) is 0.250. The van der Waals surface area contributed by atoms with Crippen LogP contribution in [-0.2, 0) is 0 Å². The van der Waals surface area contributed by atoms with Gasteiger partial charge in [-0.1, -0.05) is 6.07 Å². The van der Waals surface area contributed by atoms with Crippen molar-refractivity contribution in [2.45, 2.75) is 20.0 Å². The van der Waals surface area contributed by atoms with E-state index in [0.29, 0.717) is 5.75 Å². The van der Waals surface area contributed by atoms with Gasteiger partial charge in [0.15, 0.2) is 11.6 Å². The standard InChI is InChI=1S/C16H16F2N2O2/c1-10-5-6-13(15(18)14(10)17)16(21)20-8-11(2)22-12-4-3-7-19-9-12/h3-7,9,11H,8H2,1-2H3,(H,20,21)/t11-/m1/s1. The second-order valence-corrected chi connectivity index (χ2v) is 4.89. The van der Waals surface area contributed by atoms with E-state index in [0.717, 1.165) is 0 Å². The van der Waals surface area contributed by atoms with Crippen molar-refractivity contribution in [2.75, 3.05) is 6.54 Å². The van der Waals surface area contributed by atoms with Gasteiger partial charge in [-0.05, 0) is 37.6 Å². The fourth-order valence-electron chi connectivity index (χ4n) is 1.84. The number of carbonyl (C=O) groups is 1. The minimum atomic E-state index is -1.14. The minimum absolute atomic E-state index is 0.155. The van der Waals surface area contributed by atoms with Gasteiger partial charge in [0.25, 0.3) is 5.91 Å². The molecule has 6 heteroatoms. The van der Waals surface area contributed by atoms with E-state index in [2.05, 4.69) is 10.3 Å². The maximum Gasteiger partial charge on any atom is 0.254 e. The van der Waals surface area contributed by atoms with Gasteiger partial charge in [-0.2, -0.15) is 0 Å². The Kier molecular flexibility index (Phi) is 5.04. The molecule has 2 rings (SSSR count). The maximum atomic E-state index is 13.7. The average Bonchev–Trinajstić information content (AvgIpc) is 2.51. The van der Waals surface area contributed by atoms with E-state index in [1.807, 2.05) is 0 Å². The molecule has 0 fully saturated rings. The predicted octanol–water partition coefficient (Wildman–Crippen LogP) is 2.87. The number of hydrogen-bond donors (Lipinski definition) is 1. The number of amides is 1. The summed E-state index contributed by atoms with van der Waals surface area (Å²) in [5.41, 5.74) is -0.168. The molecule has 0 bridgehead atoms. The second-order valence-electron chi connectivity index (χ2n) is 4.89. The SMILES string of the molecule is Cc1ccc(C(=O)NC[C@@H](C)Oc2cccnc2)c(F)c1F. The van der Waals surface area contributed by atoms with Gasteiger partial charge in [-0.3, -0.25) is 9.78 Å². The molecule has 0 saturated carbocycles. The van der Waals surface area contributed by atoms with Gasteiger partial charge in [0.1, 0.15) is 11.9 Å². The van der Waals surface area contributed by atoms with Crippen LogP contribution in [0.3, 0.4) is 0 Å². The number of rotatable bonds is 5. The molecule has 0 aliphatic rings. The molecule has 22 heavy (non-hydrogen) atoms. The molecule has 1 aromatic carbocycles. The Labute approximate surface area is 127 Å². The Morgan fingerprint density at radius 1 is 1.32 bits per heavy atom. The van der Waals surface area contributed by atoms with Crippen molar-refractivity contribution >= 4 is 5.91 Å². The van der Waals surface area contributed by atoms with Crippen molar-refractivity contribution < 1.29 is 18.3 Å². The van der Waals surface area contributed by atoms with E-state index in [4.69, 9.17) is 4.74 Å². The van der Waals surface area contributed by atoms with Gasteiger partial charge in [-0.25, -0.2) is 8.78 Å². The van der Waals surface area contributed by atoms with Crippen LogP contribution in [0.2, 0.25) is 0 Å². The van der Waals surface area contributed by atoms with Crippen LogP contribution in [0.25, 0.3) is 0 Å². The van der Waals surface area contributed by atoms with Crippen molar-refractivity contribution in [3.8, 4) is 5.75 Å². The lowest BCUT2D eigenvalue weighted by molar-refractivity contribution is 0.0927. The molecule has 1 amide bonds. The number of aromatic nitrogens is 1. The monoisotopic (exact) mass is 306 g/mol. The van der Waals surface area contributed by atoms with E-state index in [9.17, 15) is 13.6 Å². The lowest BCUT2D eigenvalue weighted by atomic mass is 10.1. The molecule has 0 aliphatic heterocycles. The van der Waals surface area contributed by atoms with Crippen LogP contribution in [0, 0.1) is 18.6 Å². The molecule has 0 aliphatic carbocycles. The number of nitrogens with zero attached hydrogens (tertiary/aromatic N) is 1. The number of carbonyl (C=O) groups excluding carboxylic acids is 1. The molecule has 116 valence electrons. The highest BCUT2D eigenvalue weighted by Crippen LogP contribution is 2.15. The van der Waals surface area contributed by atoms with Gasteiger partial charge < -0.3 is 10.1 Å². The summed E-state index contributed by atoms with van der Waals surface area (Å²) in [7, 11) is 0. The number of ether oxygens (including phenoxy) is 1. The Balaban J connectivity index is 1.94. The summed E-state index contributed by atoms with van der Waals surface area (Å²) in [6.45, 7) is 3.34. The molecule has 2 aromatic rings. The Morgan fingerprint density at radius 3 is 2.77 bits per heavy atom. The molecule has 1 atom stereocenters. The van der Waals surface area contributed by atoms with Crippen molar-refractivity contribution in [2.24, 2.45) is 0 Å². The number of aryl methyl sites for hydroxylation is 1. The van der Waals surface area contributed by atoms with Crippen molar-refractivity contribution in [1.82, 2.24) is 10.3 Å². The maximum absolute atomic E-state index is 13.7. The number of nitrogens with one attached hydrogen (secondary N) is 1. The molecule has 1 aromatic heterocycles. The molecule has 0 saturated heterocycles. The van der Waals surface area contributed by atoms with E-state index in [1.165, 1.54) is 19.1 Å². The molecule has 4 nitrogen and oxygen atoms in total. The first-order valence-electron chi connectivity index (χ1n) is 6.78. The largest absolute Gasteiger partial charge is 0.487 e. The Hall–Kier alpha value is -2.50. The number of halogens is 2. The summed E-state index contributed by atoms with van der Waals surface area (Å²) in [5.74, 6) is -2.26. The van der Waals surface area contributed by atoms with Crippen LogP contribution in [0.1, 0.15) is 22.8 Å². The van der Waals surface area contributed by atoms with E-state index in [-0.39, 0.29) is 23.8 Å². The highest BCUT2D eigenvalue weighted by molar-refractivity contribution is 5.94. The first-order valence-corrected chi connectivity index (χ1v) is 6.78. The summed E-state index contributed by atoms with van der Waals surface area (Å²) in [5, 5.41) is 2.52. The fourth-order valence-corrected chi connectivity index (χ4v) is 1.84. The van der Waals surface area contributed by atoms with Crippen LogP contribution in [0.5, 0.6) is 5.75 Å². The second kappa shape index (κ2) is 6.98. The minimum Gasteiger partial charge on any atom is -0.487 e. The topological polar surface area (TPSA) is 51.2 Å². The highest BCUT2D eigenvalue weighted by atomic mass is 19.2. The zero-order valence-corrected chi connectivity index (χ0v) is 12.3. The van der Waals surface area contributed by atoms with E-state index < -0.39 is 17.5 Å². The van der Waals surface area contributed by atoms with Crippen molar-refractivity contribution in [1.29, 1.82) is 0 Å². The summed E-state index contributed by atoms with van der Waals surface area (Å²) >= 11 is 0. The van der Waals surface area contributed by atoms with Crippen LogP contribution >= 0.6 is 0 Å². The lowest BCUT2D eigenvalue weighted by Crippen LogP contribution is -2.34. The summed E-state index contributed by atoms with van der Waals surface area (Å²) in [4.78, 5) is 15.8.